The number of likely N-dealkylation sites (tertiary alicyclic amines) is 1. The molecule has 3 aromatic heterocycles. The van der Waals surface area contributed by atoms with Crippen LogP contribution in [0, 0.1) is 23.5 Å². The third kappa shape index (κ3) is 4.17. The molecule has 0 unspecified atom stereocenters. The van der Waals surface area contributed by atoms with Crippen molar-refractivity contribution in [2.24, 2.45) is 0 Å². The van der Waals surface area contributed by atoms with Crippen LogP contribution in [0.3, 0.4) is 0 Å². The lowest BCUT2D eigenvalue weighted by atomic mass is 10.1. The van der Waals surface area contributed by atoms with E-state index in [-0.39, 0.29) is 40.4 Å². The van der Waals surface area contributed by atoms with E-state index in [1.807, 2.05) is 6.92 Å². The van der Waals surface area contributed by atoms with Gasteiger partial charge in [-0.2, -0.15) is 10.2 Å². The van der Waals surface area contributed by atoms with E-state index < -0.39 is 17.2 Å². The zero-order valence-corrected chi connectivity index (χ0v) is 20.3. The number of aromatic nitrogens is 6. The number of benzene rings is 1. The number of rotatable bonds is 5. The number of nitrogens with zero attached hydrogens (tertiary/aromatic N) is 7. The lowest BCUT2D eigenvalue weighted by molar-refractivity contribution is -0.127. The number of amides is 1. The maximum atomic E-state index is 15.2. The summed E-state index contributed by atoms with van der Waals surface area (Å²) in [5.41, 5.74) is 6.53. The Labute approximate surface area is 210 Å². The molecule has 10 nitrogen and oxygen atoms in total. The lowest BCUT2D eigenvalue weighted by Crippen LogP contribution is -2.37. The quantitative estimate of drug-likeness (QED) is 0.326. The third-order valence-electron chi connectivity index (χ3n) is 6.45. The molecule has 5 rings (SSSR count). The Kier molecular flexibility index (Phi) is 6.31. The van der Waals surface area contributed by atoms with Crippen molar-refractivity contribution in [3.63, 3.8) is 0 Å². The van der Waals surface area contributed by atoms with Crippen molar-refractivity contribution in [2.75, 3.05) is 26.0 Å². The predicted octanol–water partition coefficient (Wildman–Crippen LogP) is 2.43. The number of methoxy groups -OCH3 is 1. The number of fused-ring (bicyclic) bond motifs is 2. The summed E-state index contributed by atoms with van der Waals surface area (Å²) < 4.78 is 38.4. The average molecular weight is 507 g/mol. The van der Waals surface area contributed by atoms with Gasteiger partial charge in [0.05, 0.1) is 40.5 Å². The molecule has 1 amide bonds. The Morgan fingerprint density at radius 2 is 2.14 bits per heavy atom. The van der Waals surface area contributed by atoms with Crippen molar-refractivity contribution in [1.82, 2.24) is 34.4 Å². The van der Waals surface area contributed by atoms with Gasteiger partial charge in [-0.1, -0.05) is 12.5 Å². The van der Waals surface area contributed by atoms with E-state index >= 15 is 4.39 Å². The van der Waals surface area contributed by atoms with Crippen molar-refractivity contribution < 1.29 is 18.3 Å². The second-order valence-electron chi connectivity index (χ2n) is 8.66. The fourth-order valence-corrected chi connectivity index (χ4v) is 4.69. The van der Waals surface area contributed by atoms with E-state index in [0.717, 1.165) is 6.07 Å². The standard InChI is InChI=1S/C25H24F2N8O2/c1-4-21(36)34-10-14(8-15(34)12-37-3)35-25-22(24(28)29-13-30-25)19(32-35)7-6-16-18(26)9-20-17(23(16)27)11-33(5-2)31-20/h4,9,11,13-15H,1,5,8,10,12H2,2-3H3,(H2,28,29,30)/t14-,15+/m0/s1. The van der Waals surface area contributed by atoms with Gasteiger partial charge in [0.25, 0.3) is 0 Å². The van der Waals surface area contributed by atoms with Gasteiger partial charge in [-0.05, 0) is 25.3 Å². The van der Waals surface area contributed by atoms with E-state index in [1.54, 1.807) is 16.7 Å². The zero-order valence-electron chi connectivity index (χ0n) is 20.3. The number of nitrogen functional groups attached to an aromatic ring is 1. The molecule has 0 bridgehead atoms. The number of carbonyl (C=O) groups is 1. The van der Waals surface area contributed by atoms with Crippen LogP contribution in [0.4, 0.5) is 14.6 Å². The van der Waals surface area contributed by atoms with Crippen molar-refractivity contribution in [3.8, 4) is 11.8 Å². The smallest absolute Gasteiger partial charge is 0.246 e. The number of ether oxygens (including phenoxy) is 1. The SMILES string of the molecule is C=CC(=O)N1C[C@@H](n2nc(C#Cc3c(F)cc4nn(CC)cc4c3F)c3c(N)ncnc32)C[C@@H]1COC. The van der Waals surface area contributed by atoms with Crippen LogP contribution < -0.4 is 5.73 Å². The van der Waals surface area contributed by atoms with Crippen LogP contribution in [-0.2, 0) is 16.1 Å². The van der Waals surface area contributed by atoms with Crippen LogP contribution in [0.15, 0.2) is 31.2 Å². The van der Waals surface area contributed by atoms with E-state index in [2.05, 4.69) is 38.6 Å². The number of hydrogen-bond donors (Lipinski definition) is 1. The van der Waals surface area contributed by atoms with E-state index in [1.165, 1.54) is 23.3 Å². The molecule has 0 radical (unpaired) electrons. The Balaban J connectivity index is 1.59. The van der Waals surface area contributed by atoms with Crippen LogP contribution in [-0.4, -0.2) is 66.6 Å². The first kappa shape index (κ1) is 24.3. The minimum Gasteiger partial charge on any atom is -0.383 e. The largest absolute Gasteiger partial charge is 0.383 e. The molecule has 0 saturated carbocycles. The van der Waals surface area contributed by atoms with Gasteiger partial charge in [0.1, 0.15) is 23.7 Å². The number of nitrogens with two attached hydrogens (primary N) is 1. The second kappa shape index (κ2) is 9.59. The highest BCUT2D eigenvalue weighted by atomic mass is 19.1. The molecule has 4 aromatic rings. The van der Waals surface area contributed by atoms with Gasteiger partial charge >= 0.3 is 0 Å². The molecule has 4 heterocycles. The normalized spacial score (nSPS) is 17.4. The summed E-state index contributed by atoms with van der Waals surface area (Å²) in [7, 11) is 1.57. The van der Waals surface area contributed by atoms with Gasteiger partial charge in [-0.25, -0.2) is 23.4 Å². The molecule has 1 aliphatic heterocycles. The van der Waals surface area contributed by atoms with Crippen molar-refractivity contribution in [2.45, 2.75) is 32.0 Å². The molecule has 1 saturated heterocycles. The Hall–Kier alpha value is -4.37. The highest BCUT2D eigenvalue weighted by Crippen LogP contribution is 2.32. The van der Waals surface area contributed by atoms with Gasteiger partial charge in [-0.15, -0.1) is 0 Å². The molecule has 190 valence electrons. The van der Waals surface area contributed by atoms with E-state index in [4.69, 9.17) is 10.5 Å². The van der Waals surface area contributed by atoms with Crippen LogP contribution in [0.5, 0.6) is 0 Å². The minimum absolute atomic E-state index is 0.131. The van der Waals surface area contributed by atoms with Crippen molar-refractivity contribution >= 4 is 33.7 Å². The Morgan fingerprint density at radius 3 is 2.86 bits per heavy atom. The highest BCUT2D eigenvalue weighted by Gasteiger charge is 2.37. The van der Waals surface area contributed by atoms with Gasteiger partial charge in [0.15, 0.2) is 11.5 Å². The summed E-state index contributed by atoms with van der Waals surface area (Å²) in [4.78, 5) is 22.5. The first-order valence-electron chi connectivity index (χ1n) is 11.6. The molecular weight excluding hydrogens is 482 g/mol. The predicted molar refractivity (Wildman–Crippen MR) is 132 cm³/mol. The maximum Gasteiger partial charge on any atom is 0.246 e. The Morgan fingerprint density at radius 1 is 1.32 bits per heavy atom. The summed E-state index contributed by atoms with van der Waals surface area (Å²) in [6, 6.07) is 0.705. The zero-order chi connectivity index (χ0) is 26.3. The molecule has 12 heteroatoms. The summed E-state index contributed by atoms with van der Waals surface area (Å²) >= 11 is 0. The van der Waals surface area contributed by atoms with Crippen LogP contribution in [0.25, 0.3) is 21.9 Å². The molecule has 0 spiro atoms. The van der Waals surface area contributed by atoms with E-state index in [0.29, 0.717) is 37.2 Å². The Bertz CT molecular complexity index is 1600. The number of hydrogen-bond acceptors (Lipinski definition) is 7. The second-order valence-corrected chi connectivity index (χ2v) is 8.66. The number of aryl methyl sites for hydroxylation is 1. The summed E-state index contributed by atoms with van der Waals surface area (Å²) in [6.07, 6.45) is 4.62. The van der Waals surface area contributed by atoms with Crippen LogP contribution in [0.1, 0.15) is 30.6 Å². The van der Waals surface area contributed by atoms with Gasteiger partial charge in [-0.3, -0.25) is 9.48 Å². The summed E-state index contributed by atoms with van der Waals surface area (Å²) in [5, 5.41) is 9.29. The molecular formula is C25H24F2N8O2. The molecule has 0 aliphatic carbocycles. The lowest BCUT2D eigenvalue weighted by Gasteiger charge is -2.22. The maximum absolute atomic E-state index is 15.2. The van der Waals surface area contributed by atoms with E-state index in [9.17, 15) is 9.18 Å². The molecule has 1 aliphatic rings. The number of halogens is 2. The molecule has 37 heavy (non-hydrogen) atoms. The van der Waals surface area contributed by atoms with Crippen LogP contribution in [0.2, 0.25) is 0 Å². The summed E-state index contributed by atoms with van der Waals surface area (Å²) in [5.74, 6) is 3.63. The molecule has 1 fully saturated rings. The third-order valence-corrected chi connectivity index (χ3v) is 6.45. The fourth-order valence-electron chi connectivity index (χ4n) is 4.69. The average Bonchev–Trinajstić information content (AvgIpc) is 3.59. The van der Waals surface area contributed by atoms with Gasteiger partial charge in [0.2, 0.25) is 5.91 Å². The highest BCUT2D eigenvalue weighted by molar-refractivity contribution is 5.91. The van der Waals surface area contributed by atoms with Crippen LogP contribution >= 0.6 is 0 Å². The van der Waals surface area contributed by atoms with Crippen molar-refractivity contribution in [3.05, 3.63) is 54.1 Å². The first-order chi connectivity index (χ1) is 17.9. The summed E-state index contributed by atoms with van der Waals surface area (Å²) in [6.45, 7) is 6.63. The van der Waals surface area contributed by atoms with Gasteiger partial charge < -0.3 is 15.4 Å². The fraction of sp³-hybridized carbons (Fsp3) is 0.320. The molecule has 2 N–H and O–H groups in total. The monoisotopic (exact) mass is 506 g/mol. The van der Waals surface area contributed by atoms with Gasteiger partial charge in [0, 0.05) is 32.5 Å². The topological polar surface area (TPSA) is 117 Å². The molecule has 1 aromatic carbocycles. The first-order valence-corrected chi connectivity index (χ1v) is 11.6. The van der Waals surface area contributed by atoms with Crippen molar-refractivity contribution in [1.29, 1.82) is 0 Å². The number of anilines is 1. The minimum atomic E-state index is -0.830. The number of carbonyl (C=O) groups excluding carboxylic acids is 1. The molecule has 2 atom stereocenters.